The van der Waals surface area contributed by atoms with Crippen molar-refractivity contribution in [1.29, 1.82) is 0 Å². The number of carbonyl (C=O) groups is 1. The largest absolute Gasteiger partial charge is 0.478 e. The van der Waals surface area contributed by atoms with E-state index in [-0.39, 0.29) is 17.1 Å². The maximum absolute atomic E-state index is 9.95. The van der Waals surface area contributed by atoms with Crippen molar-refractivity contribution in [2.45, 2.75) is 32.6 Å². The Morgan fingerprint density at radius 1 is 1.45 bits per heavy atom. The van der Waals surface area contributed by atoms with Crippen LogP contribution in [0, 0.1) is 0 Å². The molecule has 0 amide bonds. The van der Waals surface area contributed by atoms with E-state index in [9.17, 15) is 4.79 Å². The van der Waals surface area contributed by atoms with Crippen molar-refractivity contribution in [2.75, 3.05) is 0 Å². The summed E-state index contributed by atoms with van der Waals surface area (Å²) in [6, 6.07) is 0. The van der Waals surface area contributed by atoms with Gasteiger partial charge in [-0.05, 0) is 12.8 Å². The first-order valence-electron chi connectivity index (χ1n) is 3.67. The van der Waals surface area contributed by atoms with E-state index in [1.54, 1.807) is 6.08 Å². The van der Waals surface area contributed by atoms with Crippen LogP contribution in [0.1, 0.15) is 32.6 Å². The molecule has 0 saturated heterocycles. The molecule has 0 bridgehead atoms. The van der Waals surface area contributed by atoms with Gasteiger partial charge in [0, 0.05) is 23.1 Å². The molecule has 0 fully saturated rings. The number of allylic oxidation sites excluding steroid dienone is 1. The molecule has 11 heavy (non-hydrogen) atoms. The molecular weight excluding hydrogens is 184 g/mol. The second-order valence-corrected chi connectivity index (χ2v) is 2.24. The summed E-state index contributed by atoms with van der Waals surface area (Å²) in [5, 5.41) is 8.18. The van der Waals surface area contributed by atoms with E-state index in [2.05, 4.69) is 6.92 Å². The minimum Gasteiger partial charge on any atom is -0.478 e. The van der Waals surface area contributed by atoms with Crippen LogP contribution in [0.15, 0.2) is 12.2 Å². The van der Waals surface area contributed by atoms with Gasteiger partial charge < -0.3 is 5.11 Å². The summed E-state index contributed by atoms with van der Waals surface area (Å²) in [5.74, 6) is -0.850. The van der Waals surface area contributed by atoms with Gasteiger partial charge in [0.15, 0.2) is 0 Å². The van der Waals surface area contributed by atoms with Gasteiger partial charge in [-0.3, -0.25) is 0 Å². The van der Waals surface area contributed by atoms with Gasteiger partial charge in [-0.25, -0.2) is 4.79 Å². The molecule has 0 spiro atoms. The van der Waals surface area contributed by atoms with Crippen LogP contribution in [-0.2, 0) is 21.9 Å². The molecule has 0 atom stereocenters. The standard InChI is InChI=1S/C8H14O2.Fe/c1-2-3-4-5-6-7-8(9)10;/h6-7H,2-5H2,1H3,(H,9,10);/b7-6+;. The number of hydrogen-bond acceptors (Lipinski definition) is 1. The van der Waals surface area contributed by atoms with Crippen molar-refractivity contribution in [3.63, 3.8) is 0 Å². The van der Waals surface area contributed by atoms with Crippen LogP contribution >= 0.6 is 0 Å². The van der Waals surface area contributed by atoms with Crippen molar-refractivity contribution >= 4 is 5.97 Å². The van der Waals surface area contributed by atoms with Crippen LogP contribution in [-0.4, -0.2) is 11.1 Å². The van der Waals surface area contributed by atoms with Crippen LogP contribution in [0.25, 0.3) is 0 Å². The quantitative estimate of drug-likeness (QED) is 0.417. The third-order valence-electron chi connectivity index (χ3n) is 1.23. The third kappa shape index (κ3) is 12.8. The average molecular weight is 198 g/mol. The van der Waals surface area contributed by atoms with Crippen molar-refractivity contribution < 1.29 is 27.0 Å². The molecule has 1 N–H and O–H groups in total. The maximum Gasteiger partial charge on any atom is 0.327 e. The summed E-state index contributed by atoms with van der Waals surface area (Å²) < 4.78 is 0. The van der Waals surface area contributed by atoms with Crippen LogP contribution in [0.4, 0.5) is 0 Å². The van der Waals surface area contributed by atoms with Crippen molar-refractivity contribution in [2.24, 2.45) is 0 Å². The van der Waals surface area contributed by atoms with E-state index in [4.69, 9.17) is 5.11 Å². The molecule has 0 aromatic heterocycles. The van der Waals surface area contributed by atoms with Gasteiger partial charge >= 0.3 is 5.97 Å². The molecule has 0 aliphatic carbocycles. The van der Waals surface area contributed by atoms with Gasteiger partial charge in [0.2, 0.25) is 0 Å². The molecule has 3 heteroatoms. The predicted octanol–water partition coefficient (Wildman–Crippen LogP) is 2.20. The molecular formula is C8H14FeO2. The van der Waals surface area contributed by atoms with Crippen LogP contribution in [0.3, 0.4) is 0 Å². The van der Waals surface area contributed by atoms with E-state index in [0.717, 1.165) is 12.8 Å². The first kappa shape index (κ1) is 13.3. The Labute approximate surface area is 78.2 Å². The number of aliphatic carboxylic acids is 1. The van der Waals surface area contributed by atoms with Crippen LogP contribution < -0.4 is 0 Å². The Morgan fingerprint density at radius 2 is 2.09 bits per heavy atom. The zero-order chi connectivity index (χ0) is 7.82. The Balaban J connectivity index is 0. The van der Waals surface area contributed by atoms with Gasteiger partial charge in [0.1, 0.15) is 0 Å². The van der Waals surface area contributed by atoms with Gasteiger partial charge in [-0.2, -0.15) is 0 Å². The number of rotatable bonds is 5. The number of carboxylic acid groups (broad SMARTS) is 1. The summed E-state index contributed by atoms with van der Waals surface area (Å²) in [5.41, 5.74) is 0. The topological polar surface area (TPSA) is 37.3 Å². The fourth-order valence-electron chi connectivity index (χ4n) is 0.696. The van der Waals surface area contributed by atoms with E-state index in [0.29, 0.717) is 0 Å². The summed E-state index contributed by atoms with van der Waals surface area (Å²) in [6.45, 7) is 2.13. The van der Waals surface area contributed by atoms with Crippen LogP contribution in [0.5, 0.6) is 0 Å². The van der Waals surface area contributed by atoms with E-state index in [1.165, 1.54) is 18.9 Å². The zero-order valence-corrected chi connectivity index (χ0v) is 7.80. The minimum absolute atomic E-state index is 0. The molecule has 66 valence electrons. The van der Waals surface area contributed by atoms with Gasteiger partial charge in [0.25, 0.3) is 0 Å². The SMILES string of the molecule is CCCCC/C=C/C(=O)O.[Fe]. The molecule has 0 aliphatic heterocycles. The van der Waals surface area contributed by atoms with E-state index < -0.39 is 5.97 Å². The molecule has 0 saturated carbocycles. The average Bonchev–Trinajstić information content (AvgIpc) is 1.87. The molecule has 0 heterocycles. The molecule has 0 aromatic carbocycles. The summed E-state index contributed by atoms with van der Waals surface area (Å²) in [4.78, 5) is 9.95. The molecule has 0 aliphatic rings. The molecule has 0 aromatic rings. The molecule has 0 rings (SSSR count). The Morgan fingerprint density at radius 3 is 2.55 bits per heavy atom. The molecule has 0 unspecified atom stereocenters. The van der Waals surface area contributed by atoms with Crippen molar-refractivity contribution in [3.8, 4) is 0 Å². The van der Waals surface area contributed by atoms with Gasteiger partial charge in [-0.1, -0.05) is 25.8 Å². The fourth-order valence-corrected chi connectivity index (χ4v) is 0.696. The smallest absolute Gasteiger partial charge is 0.327 e. The second-order valence-electron chi connectivity index (χ2n) is 2.24. The van der Waals surface area contributed by atoms with E-state index in [1.807, 2.05) is 0 Å². The number of hydrogen-bond donors (Lipinski definition) is 1. The fraction of sp³-hybridized carbons (Fsp3) is 0.625. The molecule has 0 radical (unpaired) electrons. The number of unbranched alkanes of at least 4 members (excludes halogenated alkanes) is 3. The van der Waals surface area contributed by atoms with Crippen molar-refractivity contribution in [1.82, 2.24) is 0 Å². The summed E-state index contributed by atoms with van der Waals surface area (Å²) in [6.07, 6.45) is 7.26. The van der Waals surface area contributed by atoms with Crippen LogP contribution in [0.2, 0.25) is 0 Å². The normalized spacial score (nSPS) is 9.55. The first-order valence-corrected chi connectivity index (χ1v) is 3.67. The summed E-state index contributed by atoms with van der Waals surface area (Å²) in [7, 11) is 0. The summed E-state index contributed by atoms with van der Waals surface area (Å²) >= 11 is 0. The van der Waals surface area contributed by atoms with Gasteiger partial charge in [0.05, 0.1) is 0 Å². The predicted molar refractivity (Wildman–Crippen MR) is 40.9 cm³/mol. The Hall–Kier alpha value is -0.271. The zero-order valence-electron chi connectivity index (χ0n) is 6.69. The third-order valence-corrected chi connectivity index (χ3v) is 1.23. The van der Waals surface area contributed by atoms with E-state index >= 15 is 0 Å². The minimum atomic E-state index is -0.850. The number of carboxylic acids is 1. The second kappa shape index (κ2) is 9.73. The maximum atomic E-state index is 9.95. The monoisotopic (exact) mass is 198 g/mol. The first-order chi connectivity index (χ1) is 4.77. The Bertz CT molecular complexity index is 121. The van der Waals surface area contributed by atoms with Crippen molar-refractivity contribution in [3.05, 3.63) is 12.2 Å². The van der Waals surface area contributed by atoms with Gasteiger partial charge in [-0.15, -0.1) is 0 Å². The Kier molecular flexibility index (Phi) is 11.8. The molecule has 2 nitrogen and oxygen atoms in total.